The first-order valence-electron chi connectivity index (χ1n) is 9.93. The van der Waals surface area contributed by atoms with Gasteiger partial charge in [0, 0.05) is 20.3 Å². The third kappa shape index (κ3) is 11.0. The lowest BCUT2D eigenvalue weighted by Crippen LogP contribution is -2.18. The summed E-state index contributed by atoms with van der Waals surface area (Å²) >= 11 is 0. The number of benzene rings is 1. The number of hydrogen-bond acceptors (Lipinski definition) is 3. The molecule has 0 amide bonds. The van der Waals surface area contributed by atoms with Crippen LogP contribution in [0.3, 0.4) is 0 Å². The molecule has 0 bridgehead atoms. The van der Waals surface area contributed by atoms with Gasteiger partial charge in [-0.25, -0.2) is 4.79 Å². The molecule has 1 rings (SSSR count). The summed E-state index contributed by atoms with van der Waals surface area (Å²) in [5, 5.41) is 3.42. The molecule has 0 unspecified atom stereocenters. The summed E-state index contributed by atoms with van der Waals surface area (Å²) in [6, 6.07) is 9.02. The Bertz CT molecular complexity index is 480. The Balaban J connectivity index is 2.02. The fourth-order valence-electron chi connectivity index (χ4n) is 2.84. The van der Waals surface area contributed by atoms with Gasteiger partial charge in [0.15, 0.2) is 0 Å². The van der Waals surface area contributed by atoms with Crippen LogP contribution >= 0.6 is 0 Å². The van der Waals surface area contributed by atoms with Gasteiger partial charge in [0.1, 0.15) is 0 Å². The highest BCUT2D eigenvalue weighted by Gasteiger charge is 2.11. The number of rotatable bonds is 13. The van der Waals surface area contributed by atoms with Gasteiger partial charge in [-0.1, -0.05) is 64.2 Å². The van der Waals surface area contributed by atoms with E-state index in [-0.39, 0.29) is 5.97 Å². The first-order chi connectivity index (χ1) is 11.9. The third-order valence-electron chi connectivity index (χ3n) is 4.33. The molecule has 0 aliphatic carbocycles. The van der Waals surface area contributed by atoms with Crippen LogP contribution in [-0.2, 0) is 4.74 Å². The summed E-state index contributed by atoms with van der Waals surface area (Å²) < 4.78 is 4.99. The molecule has 0 aromatic heterocycles. The highest BCUT2D eigenvalue weighted by molar-refractivity contribution is 6.76. The molecule has 0 heterocycles. The van der Waals surface area contributed by atoms with Crippen molar-refractivity contribution in [2.75, 3.05) is 18.5 Å². The van der Waals surface area contributed by atoms with Crippen molar-refractivity contribution in [1.29, 1.82) is 0 Å². The van der Waals surface area contributed by atoms with E-state index >= 15 is 0 Å². The molecule has 1 N–H and O–H groups in total. The molecule has 0 spiro atoms. The normalized spacial score (nSPS) is 11.4. The van der Waals surface area contributed by atoms with Gasteiger partial charge >= 0.3 is 5.97 Å². The van der Waals surface area contributed by atoms with Crippen LogP contribution in [0.25, 0.3) is 0 Å². The molecular weight excluding hydrogens is 326 g/mol. The largest absolute Gasteiger partial charge is 0.462 e. The highest BCUT2D eigenvalue weighted by Crippen LogP contribution is 2.16. The van der Waals surface area contributed by atoms with Crippen molar-refractivity contribution >= 4 is 19.7 Å². The molecule has 142 valence electrons. The van der Waals surface area contributed by atoms with E-state index in [1.807, 2.05) is 31.2 Å². The van der Waals surface area contributed by atoms with Crippen molar-refractivity contribution in [1.82, 2.24) is 0 Å². The maximum absolute atomic E-state index is 11.6. The predicted octanol–water partition coefficient (Wildman–Crippen LogP) is 6.34. The van der Waals surface area contributed by atoms with E-state index in [2.05, 4.69) is 25.0 Å². The van der Waals surface area contributed by atoms with Crippen molar-refractivity contribution < 1.29 is 9.53 Å². The molecule has 0 saturated heterocycles. The molecule has 0 radical (unpaired) electrons. The average Bonchev–Trinajstić information content (AvgIpc) is 2.56. The molecule has 3 nitrogen and oxygen atoms in total. The van der Waals surface area contributed by atoms with Crippen molar-refractivity contribution in [3.05, 3.63) is 29.8 Å². The molecule has 1 aromatic rings. The Morgan fingerprint density at radius 1 is 0.920 bits per heavy atom. The predicted molar refractivity (Wildman–Crippen MR) is 111 cm³/mol. The van der Waals surface area contributed by atoms with Gasteiger partial charge in [0.05, 0.1) is 12.2 Å². The number of ether oxygens (including phenoxy) is 1. The van der Waals surface area contributed by atoms with Crippen molar-refractivity contribution in [3.8, 4) is 0 Å². The number of nitrogens with one attached hydrogen (secondary N) is 1. The summed E-state index contributed by atoms with van der Waals surface area (Å²) in [6.45, 7) is 10.6. The smallest absolute Gasteiger partial charge is 0.338 e. The van der Waals surface area contributed by atoms with Crippen LogP contribution in [0.15, 0.2) is 24.3 Å². The van der Waals surface area contributed by atoms with E-state index < -0.39 is 8.07 Å². The molecule has 1 aromatic carbocycles. The quantitative estimate of drug-likeness (QED) is 0.252. The van der Waals surface area contributed by atoms with Gasteiger partial charge in [0.25, 0.3) is 0 Å². The van der Waals surface area contributed by atoms with Crippen LogP contribution in [-0.4, -0.2) is 27.2 Å². The van der Waals surface area contributed by atoms with Crippen LogP contribution in [0.2, 0.25) is 25.7 Å². The van der Waals surface area contributed by atoms with Gasteiger partial charge in [0.2, 0.25) is 0 Å². The van der Waals surface area contributed by atoms with Crippen molar-refractivity contribution in [2.24, 2.45) is 0 Å². The zero-order chi connectivity index (χ0) is 18.5. The Morgan fingerprint density at radius 3 is 2.04 bits per heavy atom. The second-order valence-electron chi connectivity index (χ2n) is 8.01. The number of carbonyl (C=O) groups excluding carboxylic acids is 1. The molecule has 0 aliphatic heterocycles. The fraction of sp³-hybridized carbons (Fsp3) is 0.667. The van der Waals surface area contributed by atoms with Gasteiger partial charge in [-0.05, 0) is 37.6 Å². The van der Waals surface area contributed by atoms with E-state index in [1.54, 1.807) is 0 Å². The van der Waals surface area contributed by atoms with Crippen LogP contribution in [0, 0.1) is 0 Å². The first kappa shape index (κ1) is 21.7. The summed E-state index contributed by atoms with van der Waals surface area (Å²) in [4.78, 5) is 11.6. The van der Waals surface area contributed by atoms with Crippen LogP contribution in [0.4, 0.5) is 5.69 Å². The lowest BCUT2D eigenvalue weighted by Gasteiger charge is -2.14. The van der Waals surface area contributed by atoms with Crippen LogP contribution < -0.4 is 5.32 Å². The molecule has 25 heavy (non-hydrogen) atoms. The molecule has 0 atom stereocenters. The highest BCUT2D eigenvalue weighted by atomic mass is 28.3. The third-order valence-corrected chi connectivity index (χ3v) is 6.18. The molecular formula is C21H37NO2Si. The average molecular weight is 364 g/mol. The minimum absolute atomic E-state index is 0.251. The van der Waals surface area contributed by atoms with E-state index in [0.29, 0.717) is 12.2 Å². The number of hydrogen-bond donors (Lipinski definition) is 1. The van der Waals surface area contributed by atoms with Gasteiger partial charge in [-0.2, -0.15) is 0 Å². The van der Waals surface area contributed by atoms with Gasteiger partial charge in [-0.15, -0.1) is 0 Å². The number of unbranched alkanes of at least 4 members (excludes halogenated alkanes) is 6. The molecule has 0 saturated carbocycles. The lowest BCUT2D eigenvalue weighted by atomic mass is 10.1. The van der Waals surface area contributed by atoms with Gasteiger partial charge < -0.3 is 10.1 Å². The standard InChI is InChI=1S/C21H37NO2Si/c1-5-24-21(23)19-13-15-20(16-14-19)22-17-11-9-7-6-8-10-12-18-25(2,3)4/h13-16,22H,5-12,17-18H2,1-4H3. The second kappa shape index (κ2) is 12.1. The minimum Gasteiger partial charge on any atom is -0.462 e. The van der Waals surface area contributed by atoms with Crippen molar-refractivity contribution in [2.45, 2.75) is 77.6 Å². The zero-order valence-electron chi connectivity index (χ0n) is 16.7. The number of esters is 1. The maximum Gasteiger partial charge on any atom is 0.338 e. The van der Waals surface area contributed by atoms with Crippen LogP contribution in [0.5, 0.6) is 0 Å². The second-order valence-corrected chi connectivity index (χ2v) is 13.6. The summed E-state index contributed by atoms with van der Waals surface area (Å²) in [7, 11) is -0.824. The minimum atomic E-state index is -0.824. The summed E-state index contributed by atoms with van der Waals surface area (Å²) in [5.74, 6) is -0.251. The first-order valence-corrected chi connectivity index (χ1v) is 13.6. The Labute approximate surface area is 155 Å². The van der Waals surface area contributed by atoms with E-state index in [1.165, 1.54) is 51.0 Å². The van der Waals surface area contributed by atoms with Crippen LogP contribution in [0.1, 0.15) is 62.2 Å². The van der Waals surface area contributed by atoms with E-state index in [0.717, 1.165) is 12.2 Å². The fourth-order valence-corrected chi connectivity index (χ4v) is 4.15. The summed E-state index contributed by atoms with van der Waals surface area (Å²) in [5.41, 5.74) is 1.68. The summed E-state index contributed by atoms with van der Waals surface area (Å²) in [6.07, 6.45) is 9.45. The molecule has 4 heteroatoms. The number of anilines is 1. The van der Waals surface area contributed by atoms with Crippen molar-refractivity contribution in [3.63, 3.8) is 0 Å². The van der Waals surface area contributed by atoms with E-state index in [9.17, 15) is 4.79 Å². The molecule has 0 aliphatic rings. The monoisotopic (exact) mass is 363 g/mol. The van der Waals surface area contributed by atoms with E-state index in [4.69, 9.17) is 4.74 Å². The topological polar surface area (TPSA) is 38.3 Å². The number of carbonyl (C=O) groups is 1. The molecule has 0 fully saturated rings. The maximum atomic E-state index is 11.6. The van der Waals surface area contributed by atoms with Gasteiger partial charge in [-0.3, -0.25) is 0 Å². The zero-order valence-corrected chi connectivity index (χ0v) is 17.7. The Morgan fingerprint density at radius 2 is 1.48 bits per heavy atom. The Kier molecular flexibility index (Phi) is 10.5. The Hall–Kier alpha value is -1.29. The lowest BCUT2D eigenvalue weighted by molar-refractivity contribution is 0.0526. The SMILES string of the molecule is CCOC(=O)c1ccc(NCCCCCCCCC[Si](C)(C)C)cc1.